The molecule has 3 heterocycles. The van der Waals surface area contributed by atoms with Crippen molar-refractivity contribution in [3.8, 4) is 5.75 Å². The van der Waals surface area contributed by atoms with Gasteiger partial charge in [-0.2, -0.15) is 0 Å². The van der Waals surface area contributed by atoms with Crippen LogP contribution in [0.2, 0.25) is 0 Å². The van der Waals surface area contributed by atoms with Crippen LogP contribution in [-0.2, 0) is 11.3 Å². The quantitative estimate of drug-likeness (QED) is 0.427. The van der Waals surface area contributed by atoms with Gasteiger partial charge in [-0.05, 0) is 69.0 Å². The Morgan fingerprint density at radius 3 is 3.11 bits per heavy atom. The predicted molar refractivity (Wildman–Crippen MR) is 133 cm³/mol. The second-order valence-corrected chi connectivity index (χ2v) is 9.02. The summed E-state index contributed by atoms with van der Waals surface area (Å²) >= 11 is 0. The van der Waals surface area contributed by atoms with Crippen LogP contribution in [0.15, 0.2) is 41.3 Å². The first-order valence-electron chi connectivity index (χ1n) is 12.3. The number of fused-ring (bicyclic) bond motifs is 2. The number of pyridine rings is 1. The van der Waals surface area contributed by atoms with Crippen LogP contribution in [-0.4, -0.2) is 52.5 Å². The molecule has 1 aliphatic heterocycles. The Hall–Kier alpha value is -3.73. The molecule has 0 radical (unpaired) electrons. The fraction of sp³-hybridized carbons (Fsp3) is 0.440. The molecule has 3 aromatic rings. The number of carbonyl (C=O) groups is 1. The first kappa shape index (κ1) is 24.0. The van der Waals surface area contributed by atoms with Crippen LogP contribution in [0.3, 0.4) is 0 Å². The third-order valence-electron chi connectivity index (χ3n) is 6.44. The van der Waals surface area contributed by atoms with Crippen LogP contribution in [0.1, 0.15) is 32.1 Å². The second-order valence-electron chi connectivity index (χ2n) is 9.02. The Labute approximate surface area is 207 Å². The average molecular weight is 497 g/mol. The molecular weight excluding hydrogens is 467 g/mol. The van der Waals surface area contributed by atoms with E-state index in [0.29, 0.717) is 67.5 Å². The van der Waals surface area contributed by atoms with Crippen molar-refractivity contribution >= 4 is 28.8 Å². The van der Waals surface area contributed by atoms with E-state index in [4.69, 9.17) is 9.47 Å². The fourth-order valence-corrected chi connectivity index (χ4v) is 4.72. The second kappa shape index (κ2) is 10.9. The maximum absolute atomic E-state index is 13.7. The summed E-state index contributed by atoms with van der Waals surface area (Å²) in [6.07, 6.45) is 4.70. The Kier molecular flexibility index (Phi) is 7.26. The molecule has 3 N–H and O–H groups in total. The molecule has 10 nitrogen and oxygen atoms in total. The van der Waals surface area contributed by atoms with E-state index in [9.17, 15) is 14.0 Å². The lowest BCUT2D eigenvalue weighted by atomic mass is 9.93. The number of benzene rings is 1. The summed E-state index contributed by atoms with van der Waals surface area (Å²) in [4.78, 5) is 33.1. The van der Waals surface area contributed by atoms with E-state index in [1.54, 1.807) is 22.8 Å². The molecule has 0 saturated heterocycles. The van der Waals surface area contributed by atoms with Crippen LogP contribution in [0.5, 0.6) is 5.75 Å². The number of nitrogens with one attached hydrogen (secondary N) is 3. The third kappa shape index (κ3) is 5.73. The van der Waals surface area contributed by atoms with Gasteiger partial charge in [-0.1, -0.05) is 0 Å². The minimum Gasteiger partial charge on any atom is -0.488 e. The molecular formula is C25H29FN6O4. The van der Waals surface area contributed by atoms with Gasteiger partial charge >= 0.3 is 6.09 Å². The van der Waals surface area contributed by atoms with Gasteiger partial charge in [0.05, 0.1) is 23.8 Å². The molecule has 2 aliphatic rings. The van der Waals surface area contributed by atoms with Gasteiger partial charge in [0.25, 0.3) is 5.56 Å². The largest absolute Gasteiger partial charge is 0.488 e. The van der Waals surface area contributed by atoms with Crippen LogP contribution >= 0.6 is 0 Å². The molecule has 1 aromatic carbocycles. The van der Waals surface area contributed by atoms with Crippen molar-refractivity contribution in [3.05, 3.63) is 52.7 Å². The van der Waals surface area contributed by atoms with Gasteiger partial charge in [0.15, 0.2) is 11.6 Å². The SMILES string of the molecule is O=C(Nc1ccc2c(n1)NCCO2)O[C@@H]1CCCC(NCCCn2c(=O)cnc3ccc(F)cc32)C1. The van der Waals surface area contributed by atoms with E-state index in [1.807, 2.05) is 0 Å². The lowest BCUT2D eigenvalue weighted by Gasteiger charge is -2.29. The number of hydrogen-bond acceptors (Lipinski definition) is 8. The van der Waals surface area contributed by atoms with Crippen LogP contribution in [0.25, 0.3) is 11.0 Å². The Morgan fingerprint density at radius 1 is 1.28 bits per heavy atom. The van der Waals surface area contributed by atoms with Crippen molar-refractivity contribution in [2.24, 2.45) is 0 Å². The highest BCUT2D eigenvalue weighted by molar-refractivity contribution is 5.84. The Balaban J connectivity index is 1.09. The van der Waals surface area contributed by atoms with Gasteiger partial charge in [0, 0.05) is 12.6 Å². The summed E-state index contributed by atoms with van der Waals surface area (Å²) < 4.78 is 26.4. The molecule has 11 heteroatoms. The molecule has 1 saturated carbocycles. The first-order chi connectivity index (χ1) is 17.5. The summed E-state index contributed by atoms with van der Waals surface area (Å²) in [5.41, 5.74) is 0.836. The molecule has 1 unspecified atom stereocenters. The Morgan fingerprint density at radius 2 is 2.19 bits per heavy atom. The first-order valence-corrected chi connectivity index (χ1v) is 12.3. The average Bonchev–Trinajstić information content (AvgIpc) is 2.87. The molecule has 0 bridgehead atoms. The van der Waals surface area contributed by atoms with Gasteiger partial charge in [-0.15, -0.1) is 0 Å². The monoisotopic (exact) mass is 496 g/mol. The molecule has 5 rings (SSSR count). The topological polar surface area (TPSA) is 119 Å². The van der Waals surface area contributed by atoms with E-state index >= 15 is 0 Å². The van der Waals surface area contributed by atoms with Gasteiger partial charge < -0.3 is 24.7 Å². The minimum atomic E-state index is -0.527. The van der Waals surface area contributed by atoms with Gasteiger partial charge in [-0.25, -0.2) is 19.2 Å². The number of ether oxygens (including phenoxy) is 2. The number of nitrogens with zero attached hydrogens (tertiary/aromatic N) is 3. The molecule has 2 atom stereocenters. The standard InChI is InChI=1S/C25H29FN6O4/c26-16-5-6-19-20(13-16)32(23(33)15-29-19)11-2-9-27-17-3-1-4-18(14-17)36-25(34)31-22-8-7-21-24(30-22)28-10-12-35-21/h5-8,13,15,17-18,27H,1-4,9-12,14H2,(H2,28,30,31,34)/t17?,18-/m1/s1. The number of amides is 1. The summed E-state index contributed by atoms with van der Waals surface area (Å²) in [5, 5.41) is 9.34. The van der Waals surface area contributed by atoms with Gasteiger partial charge in [0.2, 0.25) is 0 Å². The predicted octanol–water partition coefficient (Wildman–Crippen LogP) is 3.27. The molecule has 0 spiro atoms. The zero-order valence-corrected chi connectivity index (χ0v) is 19.8. The zero-order chi connectivity index (χ0) is 24.9. The third-order valence-corrected chi connectivity index (χ3v) is 6.44. The highest BCUT2D eigenvalue weighted by atomic mass is 19.1. The summed E-state index contributed by atoms with van der Waals surface area (Å²) in [5.74, 6) is 1.27. The number of hydrogen-bond donors (Lipinski definition) is 3. The Bertz CT molecular complexity index is 1300. The zero-order valence-electron chi connectivity index (χ0n) is 19.8. The number of aryl methyl sites for hydroxylation is 1. The molecule has 190 valence electrons. The fourth-order valence-electron chi connectivity index (χ4n) is 4.72. The maximum Gasteiger partial charge on any atom is 0.413 e. The van der Waals surface area contributed by atoms with Crippen molar-refractivity contribution in [1.29, 1.82) is 0 Å². The number of anilines is 2. The van der Waals surface area contributed by atoms with Crippen molar-refractivity contribution < 1.29 is 18.7 Å². The van der Waals surface area contributed by atoms with E-state index in [2.05, 4.69) is 25.9 Å². The normalized spacial score (nSPS) is 19.1. The van der Waals surface area contributed by atoms with E-state index < -0.39 is 11.9 Å². The van der Waals surface area contributed by atoms with Crippen LogP contribution < -0.4 is 26.2 Å². The lowest BCUT2D eigenvalue weighted by molar-refractivity contribution is 0.0761. The highest BCUT2D eigenvalue weighted by Gasteiger charge is 2.25. The van der Waals surface area contributed by atoms with E-state index in [1.165, 1.54) is 18.3 Å². The van der Waals surface area contributed by atoms with Crippen molar-refractivity contribution in [2.75, 3.05) is 30.3 Å². The smallest absolute Gasteiger partial charge is 0.413 e. The van der Waals surface area contributed by atoms with Crippen molar-refractivity contribution in [1.82, 2.24) is 19.9 Å². The van der Waals surface area contributed by atoms with Crippen LogP contribution in [0.4, 0.5) is 20.8 Å². The summed E-state index contributed by atoms with van der Waals surface area (Å²) in [6, 6.07) is 7.92. The van der Waals surface area contributed by atoms with Crippen molar-refractivity contribution in [3.63, 3.8) is 0 Å². The summed E-state index contributed by atoms with van der Waals surface area (Å²) in [7, 11) is 0. The van der Waals surface area contributed by atoms with E-state index in [0.717, 1.165) is 19.3 Å². The number of carbonyl (C=O) groups excluding carboxylic acids is 1. The lowest BCUT2D eigenvalue weighted by Crippen LogP contribution is -2.39. The molecule has 36 heavy (non-hydrogen) atoms. The minimum absolute atomic E-state index is 0.190. The van der Waals surface area contributed by atoms with E-state index in [-0.39, 0.29) is 17.7 Å². The molecule has 1 fully saturated rings. The van der Waals surface area contributed by atoms with Gasteiger partial charge in [0.1, 0.15) is 24.3 Å². The number of rotatable bonds is 7. The number of halogens is 1. The maximum atomic E-state index is 13.7. The molecule has 1 amide bonds. The van der Waals surface area contributed by atoms with Crippen molar-refractivity contribution in [2.45, 2.75) is 50.8 Å². The van der Waals surface area contributed by atoms with Gasteiger partial charge in [-0.3, -0.25) is 10.1 Å². The molecule has 2 aromatic heterocycles. The van der Waals surface area contributed by atoms with Crippen LogP contribution in [0, 0.1) is 5.82 Å². The summed E-state index contributed by atoms with van der Waals surface area (Å²) in [6.45, 7) is 2.39. The highest BCUT2D eigenvalue weighted by Crippen LogP contribution is 2.27. The molecule has 1 aliphatic carbocycles. The number of aromatic nitrogens is 3.